The van der Waals surface area contributed by atoms with Gasteiger partial charge in [-0.3, -0.25) is 9.78 Å². The second-order valence-corrected chi connectivity index (χ2v) is 7.36. The molecule has 3 N–H and O–H groups in total. The van der Waals surface area contributed by atoms with Crippen LogP contribution in [-0.2, 0) is 4.79 Å². The van der Waals surface area contributed by atoms with Gasteiger partial charge in [-0.15, -0.1) is 0 Å². The van der Waals surface area contributed by atoms with E-state index in [4.69, 9.17) is 0 Å². The Morgan fingerprint density at radius 2 is 1.79 bits per heavy atom. The summed E-state index contributed by atoms with van der Waals surface area (Å²) in [7, 11) is 1.87. The molecule has 7 heteroatoms. The fourth-order valence-electron chi connectivity index (χ4n) is 3.17. The SMILES string of the molecule is CNc1ccc(/C=C/C(=O)Nc2ccc(C)c(Nc3nccc(-c4cccnc4)n3)c2)cc1. The molecule has 0 bridgehead atoms. The van der Waals surface area contributed by atoms with E-state index >= 15 is 0 Å². The lowest BCUT2D eigenvalue weighted by molar-refractivity contribution is -0.111. The van der Waals surface area contributed by atoms with E-state index in [1.165, 1.54) is 6.08 Å². The van der Waals surface area contributed by atoms with Crippen LogP contribution in [-0.4, -0.2) is 27.9 Å². The van der Waals surface area contributed by atoms with Crippen molar-refractivity contribution in [3.63, 3.8) is 0 Å². The first-order valence-electron chi connectivity index (χ1n) is 10.5. The Morgan fingerprint density at radius 3 is 2.55 bits per heavy atom. The molecular formula is C26H24N6O. The van der Waals surface area contributed by atoms with Crippen LogP contribution in [0.2, 0.25) is 0 Å². The number of anilines is 4. The molecule has 0 aliphatic rings. The molecule has 7 nitrogen and oxygen atoms in total. The zero-order valence-corrected chi connectivity index (χ0v) is 18.4. The van der Waals surface area contributed by atoms with Gasteiger partial charge in [0.15, 0.2) is 0 Å². The van der Waals surface area contributed by atoms with Crippen molar-refractivity contribution in [2.24, 2.45) is 0 Å². The molecule has 0 aliphatic heterocycles. The van der Waals surface area contributed by atoms with Crippen LogP contribution in [0.25, 0.3) is 17.3 Å². The number of rotatable bonds is 7. The van der Waals surface area contributed by atoms with Crippen LogP contribution in [0.4, 0.5) is 23.0 Å². The Balaban J connectivity index is 1.45. The quantitative estimate of drug-likeness (QED) is 0.341. The third-order valence-corrected chi connectivity index (χ3v) is 4.99. The Labute approximate surface area is 192 Å². The molecule has 0 fully saturated rings. The van der Waals surface area contributed by atoms with E-state index in [2.05, 4.69) is 30.9 Å². The number of carbonyl (C=O) groups is 1. The van der Waals surface area contributed by atoms with Gasteiger partial charge in [0.05, 0.1) is 5.69 Å². The Kier molecular flexibility index (Phi) is 6.70. The molecule has 1 amide bonds. The van der Waals surface area contributed by atoms with Crippen LogP contribution in [0.1, 0.15) is 11.1 Å². The molecule has 33 heavy (non-hydrogen) atoms. The number of hydrogen-bond donors (Lipinski definition) is 3. The zero-order valence-electron chi connectivity index (χ0n) is 18.4. The van der Waals surface area contributed by atoms with Gasteiger partial charge < -0.3 is 16.0 Å². The van der Waals surface area contributed by atoms with Crippen molar-refractivity contribution >= 4 is 35.0 Å². The maximum absolute atomic E-state index is 12.4. The molecule has 4 aromatic rings. The average Bonchev–Trinajstić information content (AvgIpc) is 2.86. The van der Waals surface area contributed by atoms with E-state index in [9.17, 15) is 4.79 Å². The monoisotopic (exact) mass is 436 g/mol. The summed E-state index contributed by atoms with van der Waals surface area (Å²) in [4.78, 5) is 25.4. The van der Waals surface area contributed by atoms with Crippen molar-refractivity contribution in [1.29, 1.82) is 0 Å². The highest BCUT2D eigenvalue weighted by atomic mass is 16.1. The first-order chi connectivity index (χ1) is 16.1. The predicted octanol–water partition coefficient (Wildman–Crippen LogP) is 5.28. The highest BCUT2D eigenvalue weighted by molar-refractivity contribution is 6.02. The van der Waals surface area contributed by atoms with Crippen LogP contribution in [0.5, 0.6) is 0 Å². The lowest BCUT2D eigenvalue weighted by Gasteiger charge is -2.11. The zero-order chi connectivity index (χ0) is 23.0. The predicted molar refractivity (Wildman–Crippen MR) is 133 cm³/mol. The molecule has 0 spiro atoms. The summed E-state index contributed by atoms with van der Waals surface area (Å²) in [5, 5.41) is 9.21. The van der Waals surface area contributed by atoms with Gasteiger partial charge in [0.25, 0.3) is 0 Å². The van der Waals surface area contributed by atoms with Crippen molar-refractivity contribution in [2.75, 3.05) is 23.0 Å². The molecule has 2 aromatic carbocycles. The normalized spacial score (nSPS) is 10.7. The third kappa shape index (κ3) is 5.80. The van der Waals surface area contributed by atoms with Gasteiger partial charge in [-0.05, 0) is 66.6 Å². The summed E-state index contributed by atoms with van der Waals surface area (Å²) in [6.45, 7) is 1.98. The van der Waals surface area contributed by atoms with Crippen LogP contribution < -0.4 is 16.0 Å². The number of aromatic nitrogens is 3. The molecule has 0 saturated heterocycles. The fraction of sp³-hybridized carbons (Fsp3) is 0.0769. The summed E-state index contributed by atoms with van der Waals surface area (Å²) in [6, 6.07) is 19.1. The standard InChI is InChI=1S/C26H24N6O/c1-18-5-9-22(30-25(33)12-8-19-6-10-21(27-2)11-7-19)16-24(18)32-26-29-15-13-23(31-26)20-4-3-14-28-17-20/h3-17,27H,1-2H3,(H,30,33)(H,29,31,32)/b12-8+. The molecule has 0 saturated carbocycles. The van der Waals surface area contributed by atoms with Gasteiger partial charge in [-0.2, -0.15) is 0 Å². The molecule has 0 unspecified atom stereocenters. The summed E-state index contributed by atoms with van der Waals surface area (Å²) >= 11 is 0. The summed E-state index contributed by atoms with van der Waals surface area (Å²) in [6.07, 6.45) is 8.48. The van der Waals surface area contributed by atoms with E-state index in [-0.39, 0.29) is 5.91 Å². The van der Waals surface area contributed by atoms with Crippen molar-refractivity contribution in [3.8, 4) is 11.3 Å². The Hall–Kier alpha value is -4.52. The van der Waals surface area contributed by atoms with Gasteiger partial charge in [0.2, 0.25) is 11.9 Å². The van der Waals surface area contributed by atoms with Crippen molar-refractivity contribution in [2.45, 2.75) is 6.92 Å². The third-order valence-electron chi connectivity index (χ3n) is 4.99. The molecule has 164 valence electrons. The second kappa shape index (κ2) is 10.2. The maximum Gasteiger partial charge on any atom is 0.248 e. The summed E-state index contributed by atoms with van der Waals surface area (Å²) in [5.74, 6) is 0.255. The Morgan fingerprint density at radius 1 is 0.970 bits per heavy atom. The van der Waals surface area contributed by atoms with Crippen LogP contribution in [0, 0.1) is 6.92 Å². The number of nitrogens with zero attached hydrogens (tertiary/aromatic N) is 3. The number of benzene rings is 2. The first kappa shape index (κ1) is 21.7. The minimum atomic E-state index is -0.211. The summed E-state index contributed by atoms with van der Waals surface area (Å²) < 4.78 is 0. The van der Waals surface area contributed by atoms with E-state index in [0.29, 0.717) is 11.6 Å². The second-order valence-electron chi connectivity index (χ2n) is 7.36. The van der Waals surface area contributed by atoms with Gasteiger partial charge in [-0.25, -0.2) is 9.97 Å². The minimum absolute atomic E-state index is 0.211. The van der Waals surface area contributed by atoms with Crippen LogP contribution in [0.15, 0.2) is 85.3 Å². The highest BCUT2D eigenvalue weighted by Crippen LogP contribution is 2.24. The van der Waals surface area contributed by atoms with E-state index < -0.39 is 0 Å². The Bertz CT molecular complexity index is 1270. The molecule has 0 aliphatic carbocycles. The smallest absolute Gasteiger partial charge is 0.248 e. The van der Waals surface area contributed by atoms with E-state index in [1.54, 1.807) is 24.7 Å². The van der Waals surface area contributed by atoms with Crippen molar-refractivity contribution in [1.82, 2.24) is 15.0 Å². The average molecular weight is 437 g/mol. The molecule has 4 rings (SSSR count). The van der Waals surface area contributed by atoms with E-state index in [1.807, 2.05) is 74.6 Å². The molecule has 2 heterocycles. The van der Waals surface area contributed by atoms with Gasteiger partial charge >= 0.3 is 0 Å². The largest absolute Gasteiger partial charge is 0.388 e. The molecule has 0 radical (unpaired) electrons. The molecular weight excluding hydrogens is 412 g/mol. The van der Waals surface area contributed by atoms with Crippen LogP contribution >= 0.6 is 0 Å². The maximum atomic E-state index is 12.4. The number of amides is 1. The molecule has 2 aromatic heterocycles. The number of hydrogen-bond acceptors (Lipinski definition) is 6. The van der Waals surface area contributed by atoms with Gasteiger partial charge in [0, 0.05) is 54.3 Å². The van der Waals surface area contributed by atoms with Crippen molar-refractivity contribution < 1.29 is 4.79 Å². The number of carbonyl (C=O) groups excluding carboxylic acids is 1. The topological polar surface area (TPSA) is 91.8 Å². The number of aryl methyl sites for hydroxylation is 1. The van der Waals surface area contributed by atoms with E-state index in [0.717, 1.165) is 33.8 Å². The fourth-order valence-corrected chi connectivity index (χ4v) is 3.17. The number of pyridine rings is 1. The van der Waals surface area contributed by atoms with Crippen molar-refractivity contribution in [3.05, 3.63) is 96.5 Å². The number of nitrogens with one attached hydrogen (secondary N) is 3. The van der Waals surface area contributed by atoms with Crippen LogP contribution in [0.3, 0.4) is 0 Å². The lowest BCUT2D eigenvalue weighted by atomic mass is 10.1. The highest BCUT2D eigenvalue weighted by Gasteiger charge is 2.07. The molecule has 0 atom stereocenters. The lowest BCUT2D eigenvalue weighted by Crippen LogP contribution is -2.08. The summed E-state index contributed by atoms with van der Waals surface area (Å²) in [5.41, 5.74) is 6.13. The first-order valence-corrected chi connectivity index (χ1v) is 10.5. The van der Waals surface area contributed by atoms with Gasteiger partial charge in [0.1, 0.15) is 0 Å². The van der Waals surface area contributed by atoms with Gasteiger partial charge in [-0.1, -0.05) is 18.2 Å². The minimum Gasteiger partial charge on any atom is -0.388 e.